The minimum atomic E-state index is 0.751. The quantitative estimate of drug-likeness (QED) is 0.284. The number of benzene rings is 1. The summed E-state index contributed by atoms with van der Waals surface area (Å²) in [5.74, 6) is 8.08. The van der Waals surface area contributed by atoms with Gasteiger partial charge in [-0.3, -0.25) is 0 Å². The fraction of sp³-hybridized carbons (Fsp3) is 0.571. The Morgan fingerprint density at radius 3 is 2.25 bits per heavy atom. The molecule has 28 heavy (non-hydrogen) atoms. The zero-order chi connectivity index (χ0) is 19.9. The van der Waals surface area contributed by atoms with Crippen LogP contribution < -0.4 is 0 Å². The molecule has 0 heteroatoms. The van der Waals surface area contributed by atoms with E-state index >= 15 is 0 Å². The molecule has 0 atom stereocenters. The van der Waals surface area contributed by atoms with Crippen molar-refractivity contribution in [1.29, 1.82) is 0 Å². The first-order valence-corrected chi connectivity index (χ1v) is 11.7. The van der Waals surface area contributed by atoms with E-state index in [-0.39, 0.29) is 0 Å². The predicted molar refractivity (Wildman–Crippen MR) is 125 cm³/mol. The van der Waals surface area contributed by atoms with Gasteiger partial charge in [-0.15, -0.1) is 0 Å². The molecule has 0 spiro atoms. The van der Waals surface area contributed by atoms with E-state index < -0.39 is 0 Å². The van der Waals surface area contributed by atoms with Gasteiger partial charge in [0, 0.05) is 0 Å². The Labute approximate surface area is 174 Å². The first-order valence-electron chi connectivity index (χ1n) is 11.7. The van der Waals surface area contributed by atoms with Crippen LogP contribution in [-0.4, -0.2) is 0 Å². The van der Waals surface area contributed by atoms with Crippen LogP contribution in [0.25, 0.3) is 6.08 Å². The Morgan fingerprint density at radius 2 is 1.54 bits per heavy atom. The highest BCUT2D eigenvalue weighted by atomic mass is 14.2. The molecule has 0 aliphatic heterocycles. The predicted octanol–water partition coefficient (Wildman–Crippen LogP) is 8.38. The molecule has 1 aromatic rings. The van der Waals surface area contributed by atoms with E-state index in [0.29, 0.717) is 0 Å². The molecule has 1 saturated carbocycles. The van der Waals surface area contributed by atoms with E-state index in [1.54, 1.807) is 0 Å². The lowest BCUT2D eigenvalue weighted by atomic mass is 9.79. The van der Waals surface area contributed by atoms with Gasteiger partial charge in [0.05, 0.1) is 0 Å². The van der Waals surface area contributed by atoms with Crippen molar-refractivity contribution in [2.75, 3.05) is 0 Å². The van der Waals surface area contributed by atoms with E-state index in [1.165, 1.54) is 88.2 Å². The number of allylic oxidation sites excluding steroid dienone is 3. The molecule has 0 nitrogen and oxygen atoms in total. The van der Waals surface area contributed by atoms with Crippen molar-refractivity contribution in [3.8, 4) is 11.8 Å². The first kappa shape index (κ1) is 22.5. The number of aryl methyl sites for hydroxylation is 1. The lowest BCUT2D eigenvalue weighted by Crippen LogP contribution is -2.12. The molecule has 1 aliphatic carbocycles. The molecular formula is C28H40. The van der Waals surface area contributed by atoms with Crippen LogP contribution in [0.5, 0.6) is 0 Å². The monoisotopic (exact) mass is 376 g/mol. The van der Waals surface area contributed by atoms with Crippen molar-refractivity contribution in [3.05, 3.63) is 53.6 Å². The third-order valence-corrected chi connectivity index (χ3v) is 6.05. The van der Waals surface area contributed by atoms with Gasteiger partial charge in [0.25, 0.3) is 0 Å². The molecule has 0 N–H and O–H groups in total. The van der Waals surface area contributed by atoms with Gasteiger partial charge in [0.15, 0.2) is 0 Å². The number of hydrogen-bond acceptors (Lipinski definition) is 0. The lowest BCUT2D eigenvalue weighted by molar-refractivity contribution is 0.289. The summed E-state index contributed by atoms with van der Waals surface area (Å²) in [5.41, 5.74) is 2.67. The van der Waals surface area contributed by atoms with Crippen molar-refractivity contribution in [1.82, 2.24) is 0 Å². The van der Waals surface area contributed by atoms with Crippen LogP contribution in [-0.2, 0) is 6.42 Å². The summed E-state index contributed by atoms with van der Waals surface area (Å²) in [7, 11) is 0. The topological polar surface area (TPSA) is 0 Å². The van der Waals surface area contributed by atoms with Crippen LogP contribution in [0.2, 0.25) is 0 Å². The molecule has 0 unspecified atom stereocenters. The van der Waals surface area contributed by atoms with Crippen LogP contribution in [0.1, 0.15) is 95.6 Å². The Morgan fingerprint density at radius 1 is 0.821 bits per heavy atom. The average molecular weight is 377 g/mol. The molecular weight excluding hydrogens is 336 g/mol. The van der Waals surface area contributed by atoms with Gasteiger partial charge in [-0.1, -0.05) is 94.6 Å². The van der Waals surface area contributed by atoms with E-state index in [2.05, 4.69) is 68.2 Å². The Bertz CT molecular complexity index is 627. The van der Waals surface area contributed by atoms with Crippen molar-refractivity contribution in [2.45, 2.75) is 90.9 Å². The zero-order valence-corrected chi connectivity index (χ0v) is 18.3. The second-order valence-electron chi connectivity index (χ2n) is 8.46. The zero-order valence-electron chi connectivity index (χ0n) is 18.3. The molecule has 1 fully saturated rings. The molecule has 1 aromatic carbocycles. The fourth-order valence-electron chi connectivity index (χ4n) is 4.12. The third kappa shape index (κ3) is 9.45. The second kappa shape index (κ2) is 14.3. The van der Waals surface area contributed by atoms with E-state index in [1.807, 2.05) is 6.08 Å². The van der Waals surface area contributed by atoms with Gasteiger partial charge in [-0.05, 0) is 79.7 Å². The highest BCUT2D eigenvalue weighted by Gasteiger charge is 2.18. The Kier molecular flexibility index (Phi) is 11.5. The van der Waals surface area contributed by atoms with Crippen LogP contribution in [0.3, 0.4) is 0 Å². The minimum Gasteiger partial charge on any atom is -0.0730 e. The molecule has 0 saturated heterocycles. The Hall–Kier alpha value is -1.74. The van der Waals surface area contributed by atoms with Crippen LogP contribution in [0, 0.1) is 23.7 Å². The average Bonchev–Trinajstić information content (AvgIpc) is 2.74. The number of rotatable bonds is 10. The molecule has 0 aromatic heterocycles. The summed E-state index contributed by atoms with van der Waals surface area (Å²) in [5, 5.41) is 0. The van der Waals surface area contributed by atoms with Gasteiger partial charge in [0.2, 0.25) is 0 Å². The van der Waals surface area contributed by atoms with E-state index in [0.717, 1.165) is 11.8 Å². The maximum Gasteiger partial charge on any atom is -0.0109 e. The molecule has 0 radical (unpaired) electrons. The molecule has 0 heterocycles. The highest BCUT2D eigenvalue weighted by molar-refractivity contribution is 5.53. The highest BCUT2D eigenvalue weighted by Crippen LogP contribution is 2.32. The molecule has 0 amide bonds. The summed E-state index contributed by atoms with van der Waals surface area (Å²) in [6, 6.07) is 8.87. The van der Waals surface area contributed by atoms with Crippen LogP contribution in [0.15, 0.2) is 42.5 Å². The standard InChI is InChI=1S/C28H40/c1-3-5-7-10-14-26-21-23-28(24-22-26)16-12-9-8-11-15-27-19-17-25(18-20-27)13-6-4-2/h11-12,15-20,26,28H,3-7,10,13-14,21-24H2,1-2H3. The number of hydrogen-bond donors (Lipinski definition) is 0. The SMILES string of the molecule is CCCCCCC1CCC(C=CC#CC=Cc2ccc(CCCC)cc2)CC1. The molecule has 152 valence electrons. The van der Waals surface area contributed by atoms with Crippen molar-refractivity contribution in [2.24, 2.45) is 11.8 Å². The second-order valence-corrected chi connectivity index (χ2v) is 8.46. The summed E-state index contributed by atoms with van der Waals surface area (Å²) in [6.07, 6.45) is 24.9. The van der Waals surface area contributed by atoms with Gasteiger partial charge in [-0.25, -0.2) is 0 Å². The molecule has 0 bridgehead atoms. The molecule has 2 rings (SSSR count). The van der Waals surface area contributed by atoms with Crippen molar-refractivity contribution >= 4 is 6.08 Å². The largest absolute Gasteiger partial charge is 0.0730 e. The van der Waals surface area contributed by atoms with Crippen LogP contribution in [0.4, 0.5) is 0 Å². The van der Waals surface area contributed by atoms with E-state index in [9.17, 15) is 0 Å². The molecule has 1 aliphatic rings. The van der Waals surface area contributed by atoms with Crippen molar-refractivity contribution < 1.29 is 0 Å². The Balaban J connectivity index is 1.64. The van der Waals surface area contributed by atoms with Crippen molar-refractivity contribution in [3.63, 3.8) is 0 Å². The normalized spacial score (nSPS) is 19.8. The minimum absolute atomic E-state index is 0.751. The summed E-state index contributed by atoms with van der Waals surface area (Å²) >= 11 is 0. The summed E-state index contributed by atoms with van der Waals surface area (Å²) in [4.78, 5) is 0. The maximum absolute atomic E-state index is 3.18. The fourth-order valence-corrected chi connectivity index (χ4v) is 4.12. The van der Waals surface area contributed by atoms with Crippen LogP contribution >= 0.6 is 0 Å². The van der Waals surface area contributed by atoms with Gasteiger partial charge in [0.1, 0.15) is 0 Å². The van der Waals surface area contributed by atoms with Gasteiger partial charge >= 0.3 is 0 Å². The summed E-state index contributed by atoms with van der Waals surface area (Å²) < 4.78 is 0. The van der Waals surface area contributed by atoms with Gasteiger partial charge < -0.3 is 0 Å². The van der Waals surface area contributed by atoms with Gasteiger partial charge in [-0.2, -0.15) is 0 Å². The lowest BCUT2D eigenvalue weighted by Gasteiger charge is -2.26. The first-order chi connectivity index (χ1) is 13.8. The number of unbranched alkanes of at least 4 members (excludes halogenated alkanes) is 4. The van der Waals surface area contributed by atoms with E-state index in [4.69, 9.17) is 0 Å². The maximum atomic E-state index is 3.18. The summed E-state index contributed by atoms with van der Waals surface area (Å²) in [6.45, 7) is 4.53. The third-order valence-electron chi connectivity index (χ3n) is 6.05. The smallest absolute Gasteiger partial charge is 0.0109 e.